The highest BCUT2D eigenvalue weighted by atomic mass is 35.5. The fourth-order valence-corrected chi connectivity index (χ4v) is 3.64. The van der Waals surface area contributed by atoms with E-state index in [9.17, 15) is 9.59 Å². The van der Waals surface area contributed by atoms with E-state index in [-0.39, 0.29) is 37.0 Å². The van der Waals surface area contributed by atoms with Crippen LogP contribution < -0.4 is 15.4 Å². The fraction of sp³-hybridized carbons (Fsp3) is 0.529. The van der Waals surface area contributed by atoms with Crippen LogP contribution >= 0.6 is 11.6 Å². The number of nitrogens with zero attached hydrogens (tertiary/aromatic N) is 1. The minimum absolute atomic E-state index is 0.0180. The van der Waals surface area contributed by atoms with E-state index in [0.717, 1.165) is 12.8 Å². The van der Waals surface area contributed by atoms with Gasteiger partial charge < -0.3 is 20.3 Å². The molecule has 2 unspecified atom stereocenters. The van der Waals surface area contributed by atoms with Crippen molar-refractivity contribution in [1.82, 2.24) is 4.90 Å². The molecule has 0 aliphatic carbocycles. The van der Waals surface area contributed by atoms with Crippen molar-refractivity contribution in [2.24, 2.45) is 0 Å². The average molecular weight is 352 g/mol. The molecule has 1 aromatic rings. The van der Waals surface area contributed by atoms with Crippen LogP contribution in [0.3, 0.4) is 0 Å². The summed E-state index contributed by atoms with van der Waals surface area (Å²) in [6.07, 6.45) is 3.26. The van der Waals surface area contributed by atoms with E-state index < -0.39 is 0 Å². The number of carbonyl (C=O) groups is 2. The number of nitrogens with one attached hydrogen (secondary N) is 2. The molecule has 2 atom stereocenters. The van der Waals surface area contributed by atoms with Gasteiger partial charge >= 0.3 is 0 Å². The number of amides is 2. The number of ether oxygens (including phenoxy) is 1. The lowest BCUT2D eigenvalue weighted by molar-refractivity contribution is -0.135. The number of anilines is 2. The van der Waals surface area contributed by atoms with Crippen LogP contribution in [0.25, 0.3) is 0 Å². The molecule has 2 amide bonds. The second-order valence-corrected chi connectivity index (χ2v) is 6.86. The second-order valence-electron chi connectivity index (χ2n) is 6.45. The van der Waals surface area contributed by atoms with Crippen LogP contribution in [0.5, 0.6) is 5.75 Å². The zero-order chi connectivity index (χ0) is 17.3. The molecule has 2 heterocycles. The maximum atomic E-state index is 12.6. The lowest BCUT2D eigenvalue weighted by Crippen LogP contribution is -2.49. The van der Waals surface area contributed by atoms with Crippen LogP contribution in [0.4, 0.5) is 11.4 Å². The molecule has 7 heteroatoms. The van der Waals surface area contributed by atoms with Gasteiger partial charge in [-0.3, -0.25) is 9.59 Å². The molecule has 0 bridgehead atoms. The Labute approximate surface area is 146 Å². The van der Waals surface area contributed by atoms with E-state index in [1.807, 2.05) is 4.90 Å². The zero-order valence-electron chi connectivity index (χ0n) is 13.9. The van der Waals surface area contributed by atoms with Crippen LogP contribution in [0.15, 0.2) is 12.1 Å². The Bertz CT molecular complexity index is 655. The molecule has 3 rings (SSSR count). The number of likely N-dealkylation sites (tertiary alicyclic amines) is 1. The summed E-state index contributed by atoms with van der Waals surface area (Å²) in [5, 5.41) is 6.24. The summed E-state index contributed by atoms with van der Waals surface area (Å²) in [5.41, 5.74) is 1.17. The van der Waals surface area contributed by atoms with Gasteiger partial charge in [0.05, 0.1) is 22.9 Å². The lowest BCUT2D eigenvalue weighted by Gasteiger charge is -2.39. The Balaban J connectivity index is 1.68. The van der Waals surface area contributed by atoms with Crippen LogP contribution in [0.1, 0.15) is 33.1 Å². The monoisotopic (exact) mass is 351 g/mol. The Morgan fingerprint density at radius 3 is 2.79 bits per heavy atom. The van der Waals surface area contributed by atoms with Gasteiger partial charge in [-0.25, -0.2) is 0 Å². The number of piperidine rings is 1. The van der Waals surface area contributed by atoms with E-state index >= 15 is 0 Å². The topological polar surface area (TPSA) is 70.7 Å². The van der Waals surface area contributed by atoms with Gasteiger partial charge in [-0.2, -0.15) is 0 Å². The molecule has 0 spiro atoms. The Hall–Kier alpha value is -1.95. The normalized spacial score (nSPS) is 23.1. The SMILES string of the molecule is CC1CCCC(C)N1C(=O)CNc1cc2c(cc1Cl)NC(=O)CO2. The Morgan fingerprint density at radius 2 is 2.08 bits per heavy atom. The van der Waals surface area contributed by atoms with Crippen molar-refractivity contribution >= 4 is 34.8 Å². The minimum Gasteiger partial charge on any atom is -0.482 e. The third kappa shape index (κ3) is 3.43. The van der Waals surface area contributed by atoms with Crippen molar-refractivity contribution in [2.45, 2.75) is 45.2 Å². The quantitative estimate of drug-likeness (QED) is 0.878. The van der Waals surface area contributed by atoms with Gasteiger partial charge in [-0.1, -0.05) is 11.6 Å². The number of hydrogen-bond donors (Lipinski definition) is 2. The number of rotatable bonds is 3. The fourth-order valence-electron chi connectivity index (χ4n) is 3.41. The second kappa shape index (κ2) is 6.89. The highest BCUT2D eigenvalue weighted by Crippen LogP contribution is 2.36. The number of fused-ring (bicyclic) bond motifs is 1. The molecular formula is C17H22ClN3O3. The standard InChI is InChI=1S/C17H22ClN3O3/c1-10-4-3-5-11(2)21(10)17(23)8-19-13-7-15-14(6-12(13)18)20-16(22)9-24-15/h6-7,10-11,19H,3-5,8-9H2,1-2H3,(H,20,22). The molecule has 2 aliphatic rings. The van der Waals surface area contributed by atoms with Crippen LogP contribution in [0, 0.1) is 0 Å². The number of hydrogen-bond acceptors (Lipinski definition) is 4. The maximum Gasteiger partial charge on any atom is 0.262 e. The first-order valence-corrected chi connectivity index (χ1v) is 8.64. The van der Waals surface area contributed by atoms with Crippen molar-refractivity contribution in [3.8, 4) is 5.75 Å². The molecule has 0 aromatic heterocycles. The zero-order valence-corrected chi connectivity index (χ0v) is 14.7. The predicted molar refractivity (Wildman–Crippen MR) is 93.7 cm³/mol. The predicted octanol–water partition coefficient (Wildman–Crippen LogP) is 2.87. The molecule has 0 saturated carbocycles. The van der Waals surface area contributed by atoms with Crippen molar-refractivity contribution in [3.05, 3.63) is 17.2 Å². The summed E-state index contributed by atoms with van der Waals surface area (Å²) < 4.78 is 5.38. The van der Waals surface area contributed by atoms with Crippen LogP contribution in [0.2, 0.25) is 5.02 Å². The molecule has 2 N–H and O–H groups in total. The summed E-state index contributed by atoms with van der Waals surface area (Å²) >= 11 is 6.24. The van der Waals surface area contributed by atoms with Crippen molar-refractivity contribution in [2.75, 3.05) is 23.8 Å². The molecular weight excluding hydrogens is 330 g/mol. The van der Waals surface area contributed by atoms with E-state index in [0.29, 0.717) is 22.1 Å². The Morgan fingerprint density at radius 1 is 1.38 bits per heavy atom. The summed E-state index contributed by atoms with van der Waals surface area (Å²) in [6.45, 7) is 4.35. The number of benzene rings is 1. The number of carbonyl (C=O) groups excluding carboxylic acids is 2. The van der Waals surface area contributed by atoms with Gasteiger partial charge in [0.2, 0.25) is 5.91 Å². The van der Waals surface area contributed by atoms with Crippen molar-refractivity contribution < 1.29 is 14.3 Å². The molecule has 1 aromatic carbocycles. The van der Waals surface area contributed by atoms with E-state index in [1.54, 1.807) is 12.1 Å². The van der Waals surface area contributed by atoms with Crippen molar-refractivity contribution in [3.63, 3.8) is 0 Å². The van der Waals surface area contributed by atoms with Gasteiger partial charge in [-0.15, -0.1) is 0 Å². The first-order chi connectivity index (χ1) is 11.5. The molecule has 2 aliphatic heterocycles. The van der Waals surface area contributed by atoms with Crippen molar-refractivity contribution in [1.29, 1.82) is 0 Å². The first kappa shape index (κ1) is 16.9. The molecule has 0 radical (unpaired) electrons. The molecule has 1 fully saturated rings. The van der Waals surface area contributed by atoms with Gasteiger partial charge in [-0.05, 0) is 39.2 Å². The third-order valence-corrected chi connectivity index (χ3v) is 4.93. The Kier molecular flexibility index (Phi) is 4.85. The molecule has 24 heavy (non-hydrogen) atoms. The minimum atomic E-state index is -0.206. The van der Waals surface area contributed by atoms with Crippen LogP contribution in [-0.4, -0.2) is 41.9 Å². The molecule has 1 saturated heterocycles. The van der Waals surface area contributed by atoms with E-state index in [4.69, 9.17) is 16.3 Å². The largest absolute Gasteiger partial charge is 0.482 e. The first-order valence-electron chi connectivity index (χ1n) is 8.27. The molecule has 130 valence electrons. The summed E-state index contributed by atoms with van der Waals surface area (Å²) in [4.78, 5) is 25.9. The van der Waals surface area contributed by atoms with E-state index in [2.05, 4.69) is 24.5 Å². The smallest absolute Gasteiger partial charge is 0.262 e. The maximum absolute atomic E-state index is 12.6. The number of halogens is 1. The van der Waals surface area contributed by atoms with Gasteiger partial charge in [0.25, 0.3) is 5.91 Å². The third-order valence-electron chi connectivity index (χ3n) is 4.61. The van der Waals surface area contributed by atoms with Crippen LogP contribution in [-0.2, 0) is 9.59 Å². The van der Waals surface area contributed by atoms with Gasteiger partial charge in [0.15, 0.2) is 6.61 Å². The van der Waals surface area contributed by atoms with Gasteiger partial charge in [0.1, 0.15) is 5.75 Å². The average Bonchev–Trinajstić information content (AvgIpc) is 2.52. The summed E-state index contributed by atoms with van der Waals surface area (Å²) in [5.74, 6) is 0.411. The highest BCUT2D eigenvalue weighted by Gasteiger charge is 2.28. The highest BCUT2D eigenvalue weighted by molar-refractivity contribution is 6.33. The lowest BCUT2D eigenvalue weighted by atomic mass is 9.97. The molecule has 6 nitrogen and oxygen atoms in total. The summed E-state index contributed by atoms with van der Waals surface area (Å²) in [6, 6.07) is 3.88. The van der Waals surface area contributed by atoms with Gasteiger partial charge in [0, 0.05) is 18.2 Å². The summed E-state index contributed by atoms with van der Waals surface area (Å²) in [7, 11) is 0. The van der Waals surface area contributed by atoms with E-state index in [1.165, 1.54) is 6.42 Å².